The summed E-state index contributed by atoms with van der Waals surface area (Å²) >= 11 is 6.03. The monoisotopic (exact) mass is 306 g/mol. The smallest absolute Gasteiger partial charge is 0.0624 e. The lowest BCUT2D eigenvalue weighted by Gasteiger charge is -2.19. The number of rotatable bonds is 6. The summed E-state index contributed by atoms with van der Waals surface area (Å²) in [7, 11) is 0. The van der Waals surface area contributed by atoms with Crippen molar-refractivity contribution in [3.8, 4) is 0 Å². The van der Waals surface area contributed by atoms with Crippen molar-refractivity contribution < 1.29 is 0 Å². The van der Waals surface area contributed by atoms with Crippen LogP contribution in [0.1, 0.15) is 42.4 Å². The zero-order chi connectivity index (χ0) is 15.4. The minimum Gasteiger partial charge on any atom is -0.271 e. The maximum atomic E-state index is 6.03. The van der Waals surface area contributed by atoms with E-state index in [1.54, 1.807) is 0 Å². The molecule has 0 aliphatic heterocycles. The summed E-state index contributed by atoms with van der Waals surface area (Å²) in [6, 6.07) is 8.13. The van der Waals surface area contributed by atoms with E-state index < -0.39 is 0 Å². The van der Waals surface area contributed by atoms with Gasteiger partial charge in [-0.2, -0.15) is 5.10 Å². The molecular formula is C16H23ClN4. The molecule has 0 amide bonds. The highest BCUT2D eigenvalue weighted by atomic mass is 35.5. The maximum absolute atomic E-state index is 6.03. The Morgan fingerprint density at radius 3 is 2.67 bits per heavy atom. The maximum Gasteiger partial charge on any atom is 0.0624 e. The molecule has 0 spiro atoms. The van der Waals surface area contributed by atoms with E-state index in [1.165, 1.54) is 11.3 Å². The summed E-state index contributed by atoms with van der Waals surface area (Å²) in [5.41, 5.74) is 7.56. The first-order chi connectivity index (χ1) is 10.1. The molecule has 1 unspecified atom stereocenters. The normalized spacial score (nSPS) is 12.6. The number of hydrogen-bond acceptors (Lipinski definition) is 3. The van der Waals surface area contributed by atoms with Crippen LogP contribution in [0.5, 0.6) is 0 Å². The van der Waals surface area contributed by atoms with E-state index in [-0.39, 0.29) is 6.04 Å². The van der Waals surface area contributed by atoms with Gasteiger partial charge in [0.05, 0.1) is 11.7 Å². The van der Waals surface area contributed by atoms with Gasteiger partial charge >= 0.3 is 0 Å². The second kappa shape index (κ2) is 7.07. The molecule has 4 nitrogen and oxygen atoms in total. The van der Waals surface area contributed by atoms with Crippen molar-refractivity contribution in [2.24, 2.45) is 5.84 Å². The van der Waals surface area contributed by atoms with Gasteiger partial charge in [0.15, 0.2) is 0 Å². The zero-order valence-electron chi connectivity index (χ0n) is 12.9. The van der Waals surface area contributed by atoms with Crippen LogP contribution in [-0.4, -0.2) is 9.78 Å². The van der Waals surface area contributed by atoms with Crippen molar-refractivity contribution in [3.63, 3.8) is 0 Å². The minimum absolute atomic E-state index is 0.0500. The Labute approximate surface area is 131 Å². The number of halogens is 1. The Morgan fingerprint density at radius 2 is 2.10 bits per heavy atom. The fraction of sp³-hybridized carbons (Fsp3) is 0.438. The predicted molar refractivity (Wildman–Crippen MR) is 87.2 cm³/mol. The highest BCUT2D eigenvalue weighted by Gasteiger charge is 2.16. The predicted octanol–water partition coefficient (Wildman–Crippen LogP) is 3.17. The molecule has 21 heavy (non-hydrogen) atoms. The van der Waals surface area contributed by atoms with E-state index in [9.17, 15) is 0 Å². The molecule has 0 saturated heterocycles. The van der Waals surface area contributed by atoms with Crippen molar-refractivity contribution in [3.05, 3.63) is 51.8 Å². The summed E-state index contributed by atoms with van der Waals surface area (Å²) < 4.78 is 2.05. The Hall–Kier alpha value is -1.36. The van der Waals surface area contributed by atoms with Crippen molar-refractivity contribution in [2.75, 3.05) is 0 Å². The lowest BCUT2D eigenvalue weighted by Crippen LogP contribution is -2.30. The Bertz CT molecular complexity index is 606. The molecular weight excluding hydrogens is 284 g/mol. The quantitative estimate of drug-likeness (QED) is 0.636. The fourth-order valence-corrected chi connectivity index (χ4v) is 2.85. The molecule has 1 atom stereocenters. The van der Waals surface area contributed by atoms with E-state index in [0.717, 1.165) is 35.7 Å². The minimum atomic E-state index is 0.0500. The molecule has 5 heteroatoms. The third-order valence-electron chi connectivity index (χ3n) is 3.80. The van der Waals surface area contributed by atoms with Gasteiger partial charge in [-0.15, -0.1) is 0 Å². The van der Waals surface area contributed by atoms with Gasteiger partial charge in [-0.05, 0) is 49.6 Å². The van der Waals surface area contributed by atoms with E-state index in [1.807, 2.05) is 18.2 Å². The van der Waals surface area contributed by atoms with Crippen LogP contribution in [0.15, 0.2) is 24.3 Å². The number of hydrogen-bond donors (Lipinski definition) is 2. The van der Waals surface area contributed by atoms with Crippen LogP contribution in [0.2, 0.25) is 5.02 Å². The summed E-state index contributed by atoms with van der Waals surface area (Å²) in [5.74, 6) is 5.78. The Kier molecular flexibility index (Phi) is 5.39. The van der Waals surface area contributed by atoms with Gasteiger partial charge in [-0.25, -0.2) is 0 Å². The van der Waals surface area contributed by atoms with Crippen LogP contribution in [0.4, 0.5) is 0 Å². The second-order valence-electron chi connectivity index (χ2n) is 5.22. The van der Waals surface area contributed by atoms with Gasteiger partial charge in [0.25, 0.3) is 0 Å². The van der Waals surface area contributed by atoms with E-state index in [0.29, 0.717) is 0 Å². The third kappa shape index (κ3) is 3.64. The van der Waals surface area contributed by atoms with Gasteiger partial charge in [-0.1, -0.05) is 24.6 Å². The molecule has 1 heterocycles. The Balaban J connectivity index is 2.28. The number of benzene rings is 1. The van der Waals surface area contributed by atoms with Gasteiger partial charge in [-0.3, -0.25) is 16.0 Å². The van der Waals surface area contributed by atoms with Crippen LogP contribution in [0.25, 0.3) is 0 Å². The molecule has 0 saturated carbocycles. The SMILES string of the molecule is CCc1cc(CC(NN)c2ccc(Cl)cc2C)n(CC)n1. The molecule has 1 aromatic carbocycles. The van der Waals surface area contributed by atoms with Crippen molar-refractivity contribution >= 4 is 11.6 Å². The summed E-state index contributed by atoms with van der Waals surface area (Å²) in [5, 5.41) is 5.34. The first-order valence-corrected chi connectivity index (χ1v) is 7.74. The second-order valence-corrected chi connectivity index (χ2v) is 5.66. The topological polar surface area (TPSA) is 55.9 Å². The molecule has 0 aliphatic carbocycles. The molecule has 2 rings (SSSR count). The van der Waals surface area contributed by atoms with Crippen LogP contribution in [0, 0.1) is 6.92 Å². The van der Waals surface area contributed by atoms with E-state index in [4.69, 9.17) is 17.4 Å². The molecule has 3 N–H and O–H groups in total. The summed E-state index contributed by atoms with van der Waals surface area (Å²) in [4.78, 5) is 0. The molecule has 0 aliphatic rings. The largest absolute Gasteiger partial charge is 0.271 e. The number of aromatic nitrogens is 2. The first-order valence-electron chi connectivity index (χ1n) is 7.36. The Morgan fingerprint density at radius 1 is 1.33 bits per heavy atom. The van der Waals surface area contributed by atoms with Crippen LogP contribution in [-0.2, 0) is 19.4 Å². The lowest BCUT2D eigenvalue weighted by molar-refractivity contribution is 0.515. The van der Waals surface area contributed by atoms with Crippen LogP contribution >= 0.6 is 11.6 Å². The number of nitrogens with zero attached hydrogens (tertiary/aromatic N) is 2. The molecule has 1 aromatic heterocycles. The van der Waals surface area contributed by atoms with E-state index >= 15 is 0 Å². The molecule has 0 radical (unpaired) electrons. The van der Waals surface area contributed by atoms with Gasteiger partial charge in [0.2, 0.25) is 0 Å². The lowest BCUT2D eigenvalue weighted by atomic mass is 9.98. The number of hydrazine groups is 1. The van der Waals surface area contributed by atoms with Gasteiger partial charge in [0, 0.05) is 23.7 Å². The van der Waals surface area contributed by atoms with Crippen LogP contribution in [0.3, 0.4) is 0 Å². The summed E-state index contributed by atoms with van der Waals surface area (Å²) in [6.07, 6.45) is 1.75. The van der Waals surface area contributed by atoms with Gasteiger partial charge in [0.1, 0.15) is 0 Å². The van der Waals surface area contributed by atoms with Crippen molar-refractivity contribution in [1.29, 1.82) is 0 Å². The number of nitrogens with two attached hydrogens (primary N) is 1. The van der Waals surface area contributed by atoms with Crippen LogP contribution < -0.4 is 11.3 Å². The molecule has 114 valence electrons. The highest BCUT2D eigenvalue weighted by Crippen LogP contribution is 2.24. The molecule has 0 bridgehead atoms. The first kappa shape index (κ1) is 16.0. The standard InChI is InChI=1S/C16H23ClN4/c1-4-13-9-14(21(5-2)20-13)10-16(19-18)15-7-6-12(17)8-11(15)3/h6-9,16,19H,4-5,10,18H2,1-3H3. The number of aryl methyl sites for hydroxylation is 3. The summed E-state index contributed by atoms with van der Waals surface area (Å²) in [6.45, 7) is 7.15. The van der Waals surface area contributed by atoms with Gasteiger partial charge < -0.3 is 0 Å². The zero-order valence-corrected chi connectivity index (χ0v) is 13.6. The molecule has 2 aromatic rings. The third-order valence-corrected chi connectivity index (χ3v) is 4.03. The van der Waals surface area contributed by atoms with Crippen molar-refractivity contribution in [1.82, 2.24) is 15.2 Å². The van der Waals surface area contributed by atoms with Crippen molar-refractivity contribution in [2.45, 2.75) is 46.2 Å². The molecule has 0 fully saturated rings. The van der Waals surface area contributed by atoms with E-state index in [2.05, 4.69) is 42.0 Å². The highest BCUT2D eigenvalue weighted by molar-refractivity contribution is 6.30. The fourth-order valence-electron chi connectivity index (χ4n) is 2.62. The average molecular weight is 307 g/mol. The average Bonchev–Trinajstić information content (AvgIpc) is 2.87. The number of nitrogens with one attached hydrogen (secondary N) is 1.